The molecule has 23 heavy (non-hydrogen) atoms. The molecule has 3 aliphatic rings. The SMILES string of the molecule is COc1ccc(OC)c2c1C/C(C)=C\CC[C@]13O[C@@H]1[C@@H]2OC3=O. The zero-order valence-electron chi connectivity index (χ0n) is 13.5. The van der Waals surface area contributed by atoms with Crippen LogP contribution in [0.3, 0.4) is 0 Å². The molecule has 1 aliphatic carbocycles. The first kappa shape index (κ1) is 14.6. The highest BCUT2D eigenvalue weighted by Gasteiger charge is 2.73. The average molecular weight is 316 g/mol. The second-order valence-corrected chi connectivity index (χ2v) is 6.38. The van der Waals surface area contributed by atoms with Crippen LogP contribution in [-0.2, 0) is 20.7 Å². The van der Waals surface area contributed by atoms with Gasteiger partial charge in [-0.05, 0) is 38.3 Å². The van der Waals surface area contributed by atoms with Gasteiger partial charge in [0.1, 0.15) is 17.6 Å². The van der Waals surface area contributed by atoms with Gasteiger partial charge in [0.2, 0.25) is 0 Å². The number of benzene rings is 1. The Hall–Kier alpha value is -2.01. The molecule has 0 saturated carbocycles. The molecule has 5 nitrogen and oxygen atoms in total. The first-order valence-corrected chi connectivity index (χ1v) is 7.89. The van der Waals surface area contributed by atoms with Gasteiger partial charge in [0.25, 0.3) is 0 Å². The van der Waals surface area contributed by atoms with E-state index in [0.29, 0.717) is 12.2 Å². The number of esters is 1. The summed E-state index contributed by atoms with van der Waals surface area (Å²) in [5.74, 6) is 1.23. The van der Waals surface area contributed by atoms with Gasteiger partial charge in [-0.25, -0.2) is 4.79 Å². The highest BCUT2D eigenvalue weighted by atomic mass is 16.7. The van der Waals surface area contributed by atoms with Crippen molar-refractivity contribution in [2.24, 2.45) is 0 Å². The van der Waals surface area contributed by atoms with Gasteiger partial charge < -0.3 is 18.9 Å². The van der Waals surface area contributed by atoms with Crippen molar-refractivity contribution in [3.8, 4) is 11.5 Å². The highest BCUT2D eigenvalue weighted by Crippen LogP contribution is 2.58. The predicted molar refractivity (Wildman–Crippen MR) is 82.7 cm³/mol. The summed E-state index contributed by atoms with van der Waals surface area (Å²) < 4.78 is 22.6. The van der Waals surface area contributed by atoms with E-state index >= 15 is 0 Å². The maximum Gasteiger partial charge on any atom is 0.342 e. The molecule has 3 atom stereocenters. The molecular weight excluding hydrogens is 296 g/mol. The Morgan fingerprint density at radius 3 is 2.65 bits per heavy atom. The van der Waals surface area contributed by atoms with Crippen LogP contribution in [0, 0.1) is 0 Å². The van der Waals surface area contributed by atoms with Crippen LogP contribution in [0.25, 0.3) is 0 Å². The molecule has 2 bridgehead atoms. The molecule has 2 fully saturated rings. The van der Waals surface area contributed by atoms with Gasteiger partial charge in [-0.3, -0.25) is 0 Å². The molecule has 0 spiro atoms. The normalized spacial score (nSPS) is 33.7. The minimum Gasteiger partial charge on any atom is -0.496 e. The Labute approximate surface area is 135 Å². The Kier molecular flexibility index (Phi) is 3.17. The molecule has 4 rings (SSSR count). The van der Waals surface area contributed by atoms with E-state index in [1.54, 1.807) is 14.2 Å². The average Bonchev–Trinajstić information content (AvgIpc) is 3.21. The number of allylic oxidation sites excluding steroid dienone is 2. The summed E-state index contributed by atoms with van der Waals surface area (Å²) in [6, 6.07) is 3.76. The lowest BCUT2D eigenvalue weighted by Crippen LogP contribution is -2.22. The number of fused-ring (bicyclic) bond motifs is 2. The molecule has 5 heteroatoms. The maximum absolute atomic E-state index is 12.4. The number of ether oxygens (including phenoxy) is 4. The lowest BCUT2D eigenvalue weighted by Gasteiger charge is -2.22. The van der Waals surface area contributed by atoms with Crippen LogP contribution in [0.2, 0.25) is 0 Å². The number of epoxide rings is 1. The first-order valence-electron chi connectivity index (χ1n) is 7.89. The van der Waals surface area contributed by atoms with E-state index in [-0.39, 0.29) is 12.1 Å². The van der Waals surface area contributed by atoms with Gasteiger partial charge in [0.05, 0.1) is 14.2 Å². The molecule has 0 amide bonds. The zero-order valence-corrected chi connectivity index (χ0v) is 13.5. The smallest absolute Gasteiger partial charge is 0.342 e. The Morgan fingerprint density at radius 2 is 1.96 bits per heavy atom. The van der Waals surface area contributed by atoms with Crippen LogP contribution in [-0.4, -0.2) is 31.9 Å². The van der Waals surface area contributed by atoms with Gasteiger partial charge in [-0.2, -0.15) is 0 Å². The number of methoxy groups -OCH3 is 2. The third-order valence-corrected chi connectivity index (χ3v) is 5.06. The zero-order chi connectivity index (χ0) is 16.2. The van der Waals surface area contributed by atoms with E-state index in [2.05, 4.69) is 13.0 Å². The minimum absolute atomic E-state index is 0.221. The summed E-state index contributed by atoms with van der Waals surface area (Å²) in [6.45, 7) is 2.10. The number of rotatable bonds is 2. The van der Waals surface area contributed by atoms with Gasteiger partial charge in [0, 0.05) is 11.1 Å². The van der Waals surface area contributed by atoms with Crippen molar-refractivity contribution in [1.82, 2.24) is 0 Å². The summed E-state index contributed by atoms with van der Waals surface area (Å²) in [6.07, 6.45) is 3.75. The second-order valence-electron chi connectivity index (χ2n) is 6.38. The van der Waals surface area contributed by atoms with Gasteiger partial charge in [-0.15, -0.1) is 0 Å². The Balaban J connectivity index is 1.92. The van der Waals surface area contributed by atoms with Gasteiger partial charge in [0.15, 0.2) is 11.7 Å². The fourth-order valence-electron chi connectivity index (χ4n) is 3.82. The van der Waals surface area contributed by atoms with Crippen LogP contribution >= 0.6 is 0 Å². The van der Waals surface area contributed by atoms with E-state index < -0.39 is 11.7 Å². The van der Waals surface area contributed by atoms with Crippen LogP contribution < -0.4 is 9.47 Å². The number of hydrogen-bond acceptors (Lipinski definition) is 5. The number of carbonyl (C=O) groups excluding carboxylic acids is 1. The maximum atomic E-state index is 12.4. The van der Waals surface area contributed by atoms with E-state index in [1.807, 2.05) is 12.1 Å². The van der Waals surface area contributed by atoms with Crippen LogP contribution in [0.5, 0.6) is 11.5 Å². The van der Waals surface area contributed by atoms with Crippen molar-refractivity contribution in [2.75, 3.05) is 14.2 Å². The fourth-order valence-corrected chi connectivity index (χ4v) is 3.82. The highest BCUT2D eigenvalue weighted by molar-refractivity contribution is 5.87. The predicted octanol–water partition coefficient (Wildman–Crippen LogP) is 2.72. The van der Waals surface area contributed by atoms with Crippen molar-refractivity contribution in [1.29, 1.82) is 0 Å². The van der Waals surface area contributed by atoms with Crippen molar-refractivity contribution < 1.29 is 23.7 Å². The molecule has 2 aliphatic heterocycles. The Bertz CT molecular complexity index is 708. The topological polar surface area (TPSA) is 57.3 Å². The first-order chi connectivity index (χ1) is 11.1. The third-order valence-electron chi connectivity index (χ3n) is 5.06. The van der Waals surface area contributed by atoms with E-state index in [4.69, 9.17) is 18.9 Å². The molecule has 2 saturated heterocycles. The van der Waals surface area contributed by atoms with Crippen LogP contribution in [0.15, 0.2) is 23.8 Å². The molecule has 1 aromatic carbocycles. The van der Waals surface area contributed by atoms with Crippen molar-refractivity contribution in [2.45, 2.75) is 44.0 Å². The lowest BCUT2D eigenvalue weighted by atomic mass is 9.88. The summed E-state index contributed by atoms with van der Waals surface area (Å²) in [7, 11) is 3.28. The standard InChI is InChI=1S/C18H20O5/c1-10-5-4-8-18-16(23-18)15(22-17(18)19)14-11(9-10)12(20-2)6-7-13(14)21-3/h5-7,15-16H,4,8-9H2,1-3H3/b10-5-/t15-,16-,18+/m1/s1. The quantitative estimate of drug-likeness (QED) is 0.477. The summed E-state index contributed by atoms with van der Waals surface area (Å²) in [5.41, 5.74) is 2.36. The van der Waals surface area contributed by atoms with Crippen molar-refractivity contribution in [3.05, 3.63) is 34.9 Å². The summed E-state index contributed by atoms with van der Waals surface area (Å²) >= 11 is 0. The third kappa shape index (κ3) is 1.99. The van der Waals surface area contributed by atoms with E-state index in [9.17, 15) is 4.79 Å². The van der Waals surface area contributed by atoms with E-state index in [0.717, 1.165) is 29.7 Å². The molecule has 0 N–H and O–H groups in total. The Morgan fingerprint density at radius 1 is 1.22 bits per heavy atom. The van der Waals surface area contributed by atoms with Crippen molar-refractivity contribution >= 4 is 5.97 Å². The largest absolute Gasteiger partial charge is 0.496 e. The molecule has 1 aromatic rings. The number of hydrogen-bond donors (Lipinski definition) is 0. The summed E-state index contributed by atoms with van der Waals surface area (Å²) in [4.78, 5) is 12.4. The number of carbonyl (C=O) groups is 1. The molecular formula is C18H20O5. The lowest BCUT2D eigenvalue weighted by molar-refractivity contribution is -0.154. The van der Waals surface area contributed by atoms with Crippen LogP contribution in [0.4, 0.5) is 0 Å². The monoisotopic (exact) mass is 316 g/mol. The molecule has 2 heterocycles. The molecule has 0 radical (unpaired) electrons. The van der Waals surface area contributed by atoms with Crippen molar-refractivity contribution in [3.63, 3.8) is 0 Å². The van der Waals surface area contributed by atoms with Crippen LogP contribution in [0.1, 0.15) is 37.0 Å². The molecule has 0 unspecified atom stereocenters. The minimum atomic E-state index is -0.760. The van der Waals surface area contributed by atoms with Gasteiger partial charge in [-0.1, -0.05) is 11.6 Å². The molecule has 0 aromatic heterocycles. The molecule has 122 valence electrons. The van der Waals surface area contributed by atoms with Gasteiger partial charge >= 0.3 is 5.97 Å². The fraction of sp³-hybridized carbons (Fsp3) is 0.500. The second kappa shape index (κ2) is 4.99. The van der Waals surface area contributed by atoms with E-state index in [1.165, 1.54) is 5.57 Å². The summed E-state index contributed by atoms with van der Waals surface area (Å²) in [5, 5.41) is 0.